The molecule has 2 amide bonds. The van der Waals surface area contributed by atoms with E-state index in [9.17, 15) is 24.7 Å². The highest BCUT2D eigenvalue weighted by Crippen LogP contribution is 2.51. The Hall–Kier alpha value is -3.52. The second-order valence-electron chi connectivity index (χ2n) is 11.6. The van der Waals surface area contributed by atoms with Gasteiger partial charge in [0.1, 0.15) is 0 Å². The lowest BCUT2D eigenvalue weighted by Crippen LogP contribution is -2.35. The van der Waals surface area contributed by atoms with Gasteiger partial charge in [0.15, 0.2) is 11.5 Å². The van der Waals surface area contributed by atoms with E-state index in [-0.39, 0.29) is 35.0 Å². The number of anilines is 1. The zero-order valence-corrected chi connectivity index (χ0v) is 27.2. The number of allylic oxidation sites excluding steroid dienone is 2. The molecule has 1 aliphatic carbocycles. The molecule has 3 aliphatic rings. The van der Waals surface area contributed by atoms with Crippen LogP contribution in [0, 0.1) is 21.3 Å². The standard InChI is InChI=1S/C34H34BIN2O7/c1-3-20-16-24-31(34(41)38(33(24)40)23-8-6-7-22(17-23)35(42)43)25-18-45-28(30(20)25)11-10-21(27-9-4-5-12-37-27)13-19-14-26(36)32(39)29(15-19)44-2/h4-9,12-15,17,24-25,28,31,39,42-43H,3,10-11,16,18H2,1-2H3/b21-13-/t24-,25+,28-,31-/m1/s1. The minimum atomic E-state index is -1.70. The molecular weight excluding hydrogens is 686 g/mol. The summed E-state index contributed by atoms with van der Waals surface area (Å²) >= 11 is 2.09. The number of rotatable bonds is 9. The minimum Gasteiger partial charge on any atom is -0.504 e. The monoisotopic (exact) mass is 720 g/mol. The summed E-state index contributed by atoms with van der Waals surface area (Å²) in [6.45, 7) is 2.45. The Morgan fingerprint density at radius 3 is 2.67 bits per heavy atom. The summed E-state index contributed by atoms with van der Waals surface area (Å²) in [6.07, 6.45) is 6.21. The van der Waals surface area contributed by atoms with Gasteiger partial charge in [-0.1, -0.05) is 30.7 Å². The van der Waals surface area contributed by atoms with Crippen molar-refractivity contribution in [2.75, 3.05) is 18.6 Å². The predicted octanol–water partition coefficient (Wildman–Crippen LogP) is 4.33. The number of imide groups is 1. The Labute approximate surface area is 275 Å². The van der Waals surface area contributed by atoms with Gasteiger partial charge in [-0.25, -0.2) is 0 Å². The molecule has 0 unspecified atom stereocenters. The number of ether oxygens (including phenoxy) is 2. The smallest absolute Gasteiger partial charge is 0.488 e. The van der Waals surface area contributed by atoms with Gasteiger partial charge in [0.2, 0.25) is 11.8 Å². The van der Waals surface area contributed by atoms with Crippen molar-refractivity contribution in [2.24, 2.45) is 17.8 Å². The van der Waals surface area contributed by atoms with Crippen LogP contribution in [0.4, 0.5) is 5.69 Å². The number of aromatic hydroxyl groups is 1. The van der Waals surface area contributed by atoms with E-state index in [0.717, 1.165) is 28.8 Å². The van der Waals surface area contributed by atoms with E-state index in [0.29, 0.717) is 40.9 Å². The highest BCUT2D eigenvalue weighted by molar-refractivity contribution is 14.1. The second kappa shape index (κ2) is 13.1. The summed E-state index contributed by atoms with van der Waals surface area (Å²) in [4.78, 5) is 33.4. The third-order valence-corrected chi connectivity index (χ3v) is 9.96. The number of phenols is 1. The summed E-state index contributed by atoms with van der Waals surface area (Å²) in [5.41, 5.74) is 5.60. The van der Waals surface area contributed by atoms with Gasteiger partial charge in [-0.15, -0.1) is 0 Å². The number of aromatic nitrogens is 1. The van der Waals surface area contributed by atoms with E-state index in [1.807, 2.05) is 24.3 Å². The van der Waals surface area contributed by atoms with Crippen LogP contribution in [0.3, 0.4) is 0 Å². The molecule has 2 aliphatic heterocycles. The van der Waals surface area contributed by atoms with E-state index in [1.165, 1.54) is 23.6 Å². The van der Waals surface area contributed by atoms with Crippen LogP contribution in [-0.4, -0.2) is 58.9 Å². The molecule has 3 aromatic rings. The number of benzene rings is 2. The predicted molar refractivity (Wildman–Crippen MR) is 180 cm³/mol. The first-order chi connectivity index (χ1) is 21.7. The summed E-state index contributed by atoms with van der Waals surface area (Å²) < 4.78 is 12.5. The molecule has 1 aromatic heterocycles. The van der Waals surface area contributed by atoms with Crippen LogP contribution in [0.15, 0.2) is 71.9 Å². The molecule has 6 rings (SSSR count). The van der Waals surface area contributed by atoms with Crippen molar-refractivity contribution in [1.29, 1.82) is 0 Å². The molecule has 11 heteroatoms. The van der Waals surface area contributed by atoms with E-state index in [2.05, 4.69) is 40.6 Å². The second-order valence-corrected chi connectivity index (χ2v) is 12.8. The molecule has 232 valence electrons. The van der Waals surface area contributed by atoms with Gasteiger partial charge < -0.3 is 24.6 Å². The number of hydrogen-bond acceptors (Lipinski definition) is 8. The largest absolute Gasteiger partial charge is 0.504 e. The van der Waals surface area contributed by atoms with Crippen molar-refractivity contribution in [3.63, 3.8) is 0 Å². The third-order valence-electron chi connectivity index (χ3n) is 9.14. The number of hydrogen-bond donors (Lipinski definition) is 3. The molecular formula is C34H34BIN2O7. The van der Waals surface area contributed by atoms with E-state index in [1.54, 1.807) is 30.5 Å². The molecule has 2 fully saturated rings. The Bertz CT molecular complexity index is 1690. The molecule has 4 atom stereocenters. The zero-order valence-electron chi connectivity index (χ0n) is 25.0. The lowest BCUT2D eigenvalue weighted by molar-refractivity contribution is -0.122. The highest BCUT2D eigenvalue weighted by atomic mass is 127. The first-order valence-electron chi connectivity index (χ1n) is 15.1. The van der Waals surface area contributed by atoms with Crippen molar-refractivity contribution in [1.82, 2.24) is 4.98 Å². The number of nitrogens with zero attached hydrogens (tertiary/aromatic N) is 2. The van der Waals surface area contributed by atoms with Crippen LogP contribution in [0.5, 0.6) is 11.5 Å². The van der Waals surface area contributed by atoms with Gasteiger partial charge in [0, 0.05) is 12.1 Å². The van der Waals surface area contributed by atoms with E-state index >= 15 is 0 Å². The molecule has 9 nitrogen and oxygen atoms in total. The number of fused-ring (bicyclic) bond motifs is 3. The van der Waals surface area contributed by atoms with Crippen LogP contribution < -0.4 is 15.1 Å². The maximum Gasteiger partial charge on any atom is 0.488 e. The van der Waals surface area contributed by atoms with Gasteiger partial charge in [0.05, 0.1) is 46.6 Å². The van der Waals surface area contributed by atoms with Crippen molar-refractivity contribution in [3.8, 4) is 11.5 Å². The highest BCUT2D eigenvalue weighted by Gasteiger charge is 2.57. The number of halogens is 1. The lowest BCUT2D eigenvalue weighted by Gasteiger charge is -2.31. The number of phenolic OH excluding ortho intramolecular Hbond substituents is 1. The molecule has 0 spiro atoms. The number of pyridine rings is 1. The summed E-state index contributed by atoms with van der Waals surface area (Å²) in [6, 6.07) is 15.8. The zero-order chi connectivity index (χ0) is 31.8. The van der Waals surface area contributed by atoms with Crippen LogP contribution in [0.2, 0.25) is 0 Å². The van der Waals surface area contributed by atoms with Gasteiger partial charge in [-0.2, -0.15) is 0 Å². The average molecular weight is 720 g/mol. The number of carbonyl (C=O) groups excluding carboxylic acids is 2. The SMILES string of the molecule is CCC1=C2[C@@H](CC/C(=C/c3cc(I)c(O)c(OC)c3)c3ccccn3)OC[C@@H]2[C@@H]2C(=O)N(c3cccc(B(O)O)c3)C(=O)[C@@H]2C1. The Kier molecular flexibility index (Phi) is 9.14. The summed E-state index contributed by atoms with van der Waals surface area (Å²) in [5.74, 6) is -1.19. The fourth-order valence-corrected chi connectivity index (χ4v) is 7.66. The quantitative estimate of drug-likeness (QED) is 0.129. The topological polar surface area (TPSA) is 129 Å². The summed E-state index contributed by atoms with van der Waals surface area (Å²) in [7, 11) is -0.174. The van der Waals surface area contributed by atoms with Crippen LogP contribution in [0.25, 0.3) is 11.6 Å². The molecule has 0 bridgehead atoms. The molecule has 3 heterocycles. The average Bonchev–Trinajstić information content (AvgIpc) is 3.58. The van der Waals surface area contributed by atoms with Crippen molar-refractivity contribution in [2.45, 2.75) is 38.7 Å². The van der Waals surface area contributed by atoms with E-state index in [4.69, 9.17) is 9.47 Å². The van der Waals surface area contributed by atoms with Crippen LogP contribution >= 0.6 is 22.6 Å². The van der Waals surface area contributed by atoms with Gasteiger partial charge in [-0.05, 0) is 113 Å². The van der Waals surface area contributed by atoms with Crippen molar-refractivity contribution < 1.29 is 34.2 Å². The first kappa shape index (κ1) is 31.5. The Balaban J connectivity index is 1.27. The minimum absolute atomic E-state index is 0.104. The fraction of sp³-hybridized carbons (Fsp3) is 0.324. The van der Waals surface area contributed by atoms with Crippen LogP contribution in [0.1, 0.15) is 43.9 Å². The molecule has 2 saturated heterocycles. The van der Waals surface area contributed by atoms with Crippen LogP contribution in [-0.2, 0) is 14.3 Å². The molecule has 45 heavy (non-hydrogen) atoms. The fourth-order valence-electron chi connectivity index (χ4n) is 7.04. The maximum absolute atomic E-state index is 13.9. The molecule has 3 N–H and O–H groups in total. The first-order valence-corrected chi connectivity index (χ1v) is 16.2. The van der Waals surface area contributed by atoms with E-state index < -0.39 is 19.0 Å². The summed E-state index contributed by atoms with van der Waals surface area (Å²) in [5, 5.41) is 29.7. The number of amides is 2. The number of methoxy groups -OCH3 is 1. The van der Waals surface area contributed by atoms with Crippen molar-refractivity contribution >= 4 is 64.3 Å². The van der Waals surface area contributed by atoms with Gasteiger partial charge >= 0.3 is 7.12 Å². The molecule has 2 aromatic carbocycles. The van der Waals surface area contributed by atoms with Gasteiger partial charge in [-0.3, -0.25) is 19.5 Å². The molecule has 0 saturated carbocycles. The third kappa shape index (κ3) is 5.94. The Morgan fingerprint density at radius 1 is 1.13 bits per heavy atom. The number of carbonyl (C=O) groups is 2. The normalized spacial score (nSPS) is 23.0. The Morgan fingerprint density at radius 2 is 1.96 bits per heavy atom. The van der Waals surface area contributed by atoms with Gasteiger partial charge in [0.25, 0.3) is 0 Å². The molecule has 0 radical (unpaired) electrons. The maximum atomic E-state index is 13.9. The van der Waals surface area contributed by atoms with Crippen molar-refractivity contribution in [3.05, 3.63) is 86.8 Å². The lowest BCUT2D eigenvalue weighted by atomic mass is 9.69.